The number of hydrogen-bond acceptors (Lipinski definition) is 3. The van der Waals surface area contributed by atoms with Crippen LogP contribution in [-0.2, 0) is 6.54 Å². The molecule has 1 aliphatic rings. The van der Waals surface area contributed by atoms with Gasteiger partial charge < -0.3 is 15.6 Å². The maximum absolute atomic E-state index is 12.1. The quantitative estimate of drug-likeness (QED) is 0.835. The monoisotopic (exact) mass is 278 g/mol. The van der Waals surface area contributed by atoms with E-state index in [9.17, 15) is 4.79 Å². The summed E-state index contributed by atoms with van der Waals surface area (Å²) in [6.45, 7) is 3.49. The normalized spacial score (nSPS) is 22.7. The van der Waals surface area contributed by atoms with E-state index in [1.807, 2.05) is 4.57 Å². The van der Waals surface area contributed by atoms with E-state index < -0.39 is 0 Å². The fourth-order valence-electron chi connectivity index (χ4n) is 3.01. The molecular formula is C15H26N4O. The number of carbonyl (C=O) groups is 1. The van der Waals surface area contributed by atoms with Crippen LogP contribution in [0.25, 0.3) is 0 Å². The molecule has 1 fully saturated rings. The summed E-state index contributed by atoms with van der Waals surface area (Å²) in [5, 5.41) is 3.11. The van der Waals surface area contributed by atoms with Gasteiger partial charge >= 0.3 is 0 Å². The molecule has 0 aliphatic heterocycles. The molecule has 0 spiro atoms. The highest BCUT2D eigenvalue weighted by atomic mass is 16.2. The molecule has 112 valence electrons. The van der Waals surface area contributed by atoms with Crippen LogP contribution < -0.4 is 11.1 Å². The largest absolute Gasteiger partial charge is 0.348 e. The van der Waals surface area contributed by atoms with Crippen LogP contribution in [0.1, 0.15) is 55.9 Å². The number of nitrogens with two attached hydrogens (primary N) is 1. The number of hydrogen-bond donors (Lipinski definition) is 2. The zero-order valence-electron chi connectivity index (χ0n) is 12.3. The van der Waals surface area contributed by atoms with Crippen LogP contribution in [-0.4, -0.2) is 28.0 Å². The summed E-state index contributed by atoms with van der Waals surface area (Å²) < 4.78 is 1.85. The maximum Gasteiger partial charge on any atom is 0.271 e. The Morgan fingerprint density at radius 2 is 2.20 bits per heavy atom. The van der Waals surface area contributed by atoms with Crippen molar-refractivity contribution in [3.05, 3.63) is 18.2 Å². The minimum Gasteiger partial charge on any atom is -0.348 e. The topological polar surface area (TPSA) is 72.9 Å². The SMILES string of the molecule is CCCC1CCC(NC(=O)c2cn(CCN)cn2)CC1. The van der Waals surface area contributed by atoms with Crippen molar-refractivity contribution in [3.8, 4) is 0 Å². The van der Waals surface area contributed by atoms with Crippen LogP contribution in [0.3, 0.4) is 0 Å². The van der Waals surface area contributed by atoms with Crippen molar-refractivity contribution in [1.82, 2.24) is 14.9 Å². The van der Waals surface area contributed by atoms with Gasteiger partial charge in [-0.1, -0.05) is 19.8 Å². The summed E-state index contributed by atoms with van der Waals surface area (Å²) in [6.07, 6.45) is 10.7. The first kappa shape index (κ1) is 15.0. The Labute approximate surface area is 120 Å². The average molecular weight is 278 g/mol. The number of nitrogens with one attached hydrogen (secondary N) is 1. The molecule has 0 radical (unpaired) electrons. The van der Waals surface area contributed by atoms with Crippen LogP contribution >= 0.6 is 0 Å². The molecule has 1 heterocycles. The van der Waals surface area contributed by atoms with Gasteiger partial charge in [0.2, 0.25) is 0 Å². The summed E-state index contributed by atoms with van der Waals surface area (Å²) in [6, 6.07) is 0.315. The Bertz CT molecular complexity index is 421. The third-order valence-corrected chi connectivity index (χ3v) is 4.13. The predicted octanol–water partition coefficient (Wildman–Crippen LogP) is 1.93. The van der Waals surface area contributed by atoms with Gasteiger partial charge in [-0.05, 0) is 31.6 Å². The van der Waals surface area contributed by atoms with E-state index in [1.54, 1.807) is 12.5 Å². The molecule has 3 N–H and O–H groups in total. The van der Waals surface area contributed by atoms with Crippen LogP contribution in [0.4, 0.5) is 0 Å². The zero-order valence-corrected chi connectivity index (χ0v) is 12.3. The third kappa shape index (κ3) is 4.07. The molecule has 1 aliphatic carbocycles. The third-order valence-electron chi connectivity index (χ3n) is 4.13. The van der Waals surface area contributed by atoms with Gasteiger partial charge in [0.15, 0.2) is 0 Å². The van der Waals surface area contributed by atoms with E-state index in [0.717, 1.165) is 18.8 Å². The second-order valence-corrected chi connectivity index (χ2v) is 5.77. The van der Waals surface area contributed by atoms with E-state index in [1.165, 1.54) is 25.7 Å². The highest BCUT2D eigenvalue weighted by Crippen LogP contribution is 2.27. The summed E-state index contributed by atoms with van der Waals surface area (Å²) in [5.74, 6) is 0.802. The fourth-order valence-corrected chi connectivity index (χ4v) is 3.01. The first-order valence-corrected chi connectivity index (χ1v) is 7.75. The molecule has 1 amide bonds. The standard InChI is InChI=1S/C15H26N4O/c1-2-3-12-4-6-13(7-5-12)18-15(20)14-10-19(9-8-16)11-17-14/h10-13H,2-9,16H2,1H3,(H,18,20). The summed E-state index contributed by atoms with van der Waals surface area (Å²) in [5.41, 5.74) is 5.98. The van der Waals surface area contributed by atoms with E-state index in [-0.39, 0.29) is 5.91 Å². The number of amides is 1. The van der Waals surface area contributed by atoms with Gasteiger partial charge in [-0.2, -0.15) is 0 Å². The Hall–Kier alpha value is -1.36. The molecule has 1 aromatic heterocycles. The van der Waals surface area contributed by atoms with Crippen molar-refractivity contribution in [2.45, 2.75) is 58.0 Å². The minimum absolute atomic E-state index is 0.0558. The van der Waals surface area contributed by atoms with Crippen molar-refractivity contribution < 1.29 is 4.79 Å². The van der Waals surface area contributed by atoms with Crippen molar-refractivity contribution >= 4 is 5.91 Å². The van der Waals surface area contributed by atoms with Gasteiger partial charge in [-0.3, -0.25) is 4.79 Å². The first-order chi connectivity index (χ1) is 9.72. The molecule has 1 aromatic rings. The molecule has 5 heteroatoms. The number of carbonyl (C=O) groups excluding carboxylic acids is 1. The molecule has 0 atom stereocenters. The van der Waals surface area contributed by atoms with Gasteiger partial charge in [0.25, 0.3) is 5.91 Å². The lowest BCUT2D eigenvalue weighted by atomic mass is 9.83. The highest BCUT2D eigenvalue weighted by Gasteiger charge is 2.22. The van der Waals surface area contributed by atoms with Crippen molar-refractivity contribution in [2.24, 2.45) is 11.7 Å². The molecule has 0 aromatic carbocycles. The van der Waals surface area contributed by atoms with E-state index in [2.05, 4.69) is 17.2 Å². The smallest absolute Gasteiger partial charge is 0.271 e. The number of nitrogens with zero attached hydrogens (tertiary/aromatic N) is 2. The fraction of sp³-hybridized carbons (Fsp3) is 0.733. The highest BCUT2D eigenvalue weighted by molar-refractivity contribution is 5.92. The maximum atomic E-state index is 12.1. The average Bonchev–Trinajstić information content (AvgIpc) is 2.90. The number of aromatic nitrogens is 2. The number of rotatable bonds is 6. The van der Waals surface area contributed by atoms with Crippen LogP contribution in [0.5, 0.6) is 0 Å². The summed E-state index contributed by atoms with van der Waals surface area (Å²) in [7, 11) is 0. The molecule has 20 heavy (non-hydrogen) atoms. The predicted molar refractivity (Wildman–Crippen MR) is 79.4 cm³/mol. The lowest BCUT2D eigenvalue weighted by Gasteiger charge is -2.28. The van der Waals surface area contributed by atoms with Crippen molar-refractivity contribution in [1.29, 1.82) is 0 Å². The molecular weight excluding hydrogens is 252 g/mol. The second kappa shape index (κ2) is 7.43. The van der Waals surface area contributed by atoms with Crippen LogP contribution in [0.15, 0.2) is 12.5 Å². The van der Waals surface area contributed by atoms with Gasteiger partial charge in [0, 0.05) is 25.3 Å². The molecule has 0 unspecified atom stereocenters. The van der Waals surface area contributed by atoms with E-state index in [4.69, 9.17) is 5.73 Å². The van der Waals surface area contributed by atoms with Gasteiger partial charge in [0.05, 0.1) is 6.33 Å². The first-order valence-electron chi connectivity index (χ1n) is 7.75. The van der Waals surface area contributed by atoms with Crippen molar-refractivity contribution in [2.75, 3.05) is 6.54 Å². The second-order valence-electron chi connectivity index (χ2n) is 5.77. The molecule has 1 saturated carbocycles. The van der Waals surface area contributed by atoms with Gasteiger partial charge in [0.1, 0.15) is 5.69 Å². The Morgan fingerprint density at radius 3 is 2.85 bits per heavy atom. The lowest BCUT2D eigenvalue weighted by molar-refractivity contribution is 0.0916. The Kier molecular flexibility index (Phi) is 5.59. The molecule has 5 nitrogen and oxygen atoms in total. The van der Waals surface area contributed by atoms with Gasteiger partial charge in [-0.15, -0.1) is 0 Å². The van der Waals surface area contributed by atoms with E-state index >= 15 is 0 Å². The minimum atomic E-state index is -0.0558. The molecule has 2 rings (SSSR count). The number of imidazole rings is 1. The van der Waals surface area contributed by atoms with Gasteiger partial charge in [-0.25, -0.2) is 4.98 Å². The zero-order chi connectivity index (χ0) is 14.4. The molecule has 0 bridgehead atoms. The van der Waals surface area contributed by atoms with Crippen LogP contribution in [0.2, 0.25) is 0 Å². The Balaban J connectivity index is 1.79. The summed E-state index contributed by atoms with van der Waals surface area (Å²) >= 11 is 0. The Morgan fingerprint density at radius 1 is 1.45 bits per heavy atom. The van der Waals surface area contributed by atoms with E-state index in [0.29, 0.717) is 24.8 Å². The summed E-state index contributed by atoms with van der Waals surface area (Å²) in [4.78, 5) is 16.3. The van der Waals surface area contributed by atoms with Crippen molar-refractivity contribution in [3.63, 3.8) is 0 Å². The van der Waals surface area contributed by atoms with Crippen LogP contribution in [0, 0.1) is 5.92 Å². The lowest BCUT2D eigenvalue weighted by Crippen LogP contribution is -2.37. The molecule has 0 saturated heterocycles.